The Labute approximate surface area is 126 Å². The van der Waals surface area contributed by atoms with Crippen molar-refractivity contribution in [3.63, 3.8) is 0 Å². The summed E-state index contributed by atoms with van der Waals surface area (Å²) < 4.78 is 31.9. The monoisotopic (exact) mass is 313 g/mol. The molecule has 0 bridgehead atoms. The van der Waals surface area contributed by atoms with Crippen molar-refractivity contribution in [1.29, 1.82) is 0 Å². The maximum absolute atomic E-state index is 12.7. The molecule has 118 valence electrons. The van der Waals surface area contributed by atoms with Crippen LogP contribution in [0.25, 0.3) is 0 Å². The van der Waals surface area contributed by atoms with Gasteiger partial charge >= 0.3 is 0 Å². The zero-order valence-electron chi connectivity index (χ0n) is 12.7. The molecule has 0 saturated carbocycles. The minimum absolute atomic E-state index is 0.159. The average molecular weight is 313 g/mol. The molecule has 0 aromatic heterocycles. The lowest BCUT2D eigenvalue weighted by Crippen LogP contribution is -2.44. The van der Waals surface area contributed by atoms with Crippen LogP contribution in [-0.4, -0.2) is 58.0 Å². The highest BCUT2D eigenvalue weighted by atomic mass is 32.2. The normalized spacial score (nSPS) is 18.1. The molecular weight excluding hydrogens is 290 g/mol. The molecular formula is C14H23N3O3S. The molecule has 6 nitrogen and oxygen atoms in total. The SMILES string of the molecule is COc1ccc(S(=O)(=O)N2CCC(N(C)C)CC2)c(N)c1. The fraction of sp³-hybridized carbons (Fsp3) is 0.571. The van der Waals surface area contributed by atoms with E-state index in [0.29, 0.717) is 24.9 Å². The first kappa shape index (κ1) is 16.1. The quantitative estimate of drug-likeness (QED) is 0.839. The predicted octanol–water partition coefficient (Wildman–Crippen LogP) is 0.992. The van der Waals surface area contributed by atoms with Crippen LogP contribution >= 0.6 is 0 Å². The van der Waals surface area contributed by atoms with Crippen LogP contribution in [0, 0.1) is 0 Å². The summed E-state index contributed by atoms with van der Waals surface area (Å²) in [4.78, 5) is 2.30. The lowest BCUT2D eigenvalue weighted by atomic mass is 10.1. The zero-order chi connectivity index (χ0) is 15.6. The fourth-order valence-electron chi connectivity index (χ4n) is 2.63. The highest BCUT2D eigenvalue weighted by Gasteiger charge is 2.31. The number of benzene rings is 1. The third-order valence-corrected chi connectivity index (χ3v) is 5.96. The third-order valence-electron chi connectivity index (χ3n) is 3.99. The fourth-order valence-corrected chi connectivity index (χ4v) is 4.19. The van der Waals surface area contributed by atoms with Crippen LogP contribution in [0.3, 0.4) is 0 Å². The molecule has 21 heavy (non-hydrogen) atoms. The maximum atomic E-state index is 12.7. The minimum atomic E-state index is -3.53. The smallest absolute Gasteiger partial charge is 0.245 e. The molecule has 0 aliphatic carbocycles. The van der Waals surface area contributed by atoms with E-state index in [-0.39, 0.29) is 10.6 Å². The topological polar surface area (TPSA) is 75.9 Å². The van der Waals surface area contributed by atoms with Crippen molar-refractivity contribution in [1.82, 2.24) is 9.21 Å². The van der Waals surface area contributed by atoms with Crippen LogP contribution in [0.2, 0.25) is 0 Å². The molecule has 1 fully saturated rings. The summed E-state index contributed by atoms with van der Waals surface area (Å²) >= 11 is 0. The second kappa shape index (κ2) is 6.21. The molecule has 1 aliphatic heterocycles. The van der Waals surface area contributed by atoms with Gasteiger partial charge in [-0.05, 0) is 39.1 Å². The Morgan fingerprint density at radius 2 is 1.90 bits per heavy atom. The van der Waals surface area contributed by atoms with E-state index in [1.54, 1.807) is 12.1 Å². The molecule has 2 N–H and O–H groups in total. The van der Waals surface area contributed by atoms with Crippen LogP contribution < -0.4 is 10.5 Å². The van der Waals surface area contributed by atoms with Gasteiger partial charge in [-0.1, -0.05) is 0 Å². The Hall–Kier alpha value is -1.31. The van der Waals surface area contributed by atoms with Gasteiger partial charge in [-0.2, -0.15) is 4.31 Å². The van der Waals surface area contributed by atoms with Gasteiger partial charge in [0.05, 0.1) is 12.8 Å². The number of rotatable bonds is 4. The molecule has 0 radical (unpaired) electrons. The van der Waals surface area contributed by atoms with Gasteiger partial charge in [-0.25, -0.2) is 8.42 Å². The number of nitrogens with two attached hydrogens (primary N) is 1. The van der Waals surface area contributed by atoms with E-state index in [1.807, 2.05) is 14.1 Å². The maximum Gasteiger partial charge on any atom is 0.245 e. The number of methoxy groups -OCH3 is 1. The van der Waals surface area contributed by atoms with E-state index in [1.165, 1.54) is 17.5 Å². The molecule has 7 heteroatoms. The van der Waals surface area contributed by atoms with Crippen molar-refractivity contribution in [3.05, 3.63) is 18.2 Å². The summed E-state index contributed by atoms with van der Waals surface area (Å²) in [5.41, 5.74) is 6.10. The largest absolute Gasteiger partial charge is 0.497 e. The third kappa shape index (κ3) is 3.30. The standard InChI is InChI=1S/C14H23N3O3S/c1-16(2)11-6-8-17(9-7-11)21(18,19)14-5-4-12(20-3)10-13(14)15/h4-5,10-11H,6-9,15H2,1-3H3. The number of sulfonamides is 1. The summed E-state index contributed by atoms with van der Waals surface area (Å²) in [6.45, 7) is 1.05. The van der Waals surface area contributed by atoms with Crippen LogP contribution in [0.15, 0.2) is 23.1 Å². The Kier molecular flexibility index (Phi) is 4.75. The van der Waals surface area contributed by atoms with Gasteiger partial charge in [0.1, 0.15) is 10.6 Å². The van der Waals surface area contributed by atoms with Gasteiger partial charge in [0, 0.05) is 25.2 Å². The molecule has 1 aromatic carbocycles. The molecule has 0 amide bonds. The first-order chi connectivity index (χ1) is 9.86. The molecule has 1 aromatic rings. The van der Waals surface area contributed by atoms with Gasteiger partial charge in [-0.15, -0.1) is 0 Å². The van der Waals surface area contributed by atoms with Gasteiger partial charge in [0.15, 0.2) is 0 Å². The highest BCUT2D eigenvalue weighted by molar-refractivity contribution is 7.89. The van der Waals surface area contributed by atoms with Crippen LogP contribution in [0.1, 0.15) is 12.8 Å². The molecule has 0 spiro atoms. The van der Waals surface area contributed by atoms with Crippen molar-refractivity contribution >= 4 is 15.7 Å². The Balaban J connectivity index is 2.19. The van der Waals surface area contributed by atoms with E-state index in [9.17, 15) is 8.42 Å². The highest BCUT2D eigenvalue weighted by Crippen LogP contribution is 2.28. The van der Waals surface area contributed by atoms with Crippen molar-refractivity contribution in [2.24, 2.45) is 0 Å². The second-order valence-corrected chi connectivity index (χ2v) is 7.41. The number of hydrogen-bond acceptors (Lipinski definition) is 5. The second-order valence-electron chi connectivity index (χ2n) is 5.50. The molecule has 1 aliphatic rings. The van der Waals surface area contributed by atoms with Crippen LogP contribution in [-0.2, 0) is 10.0 Å². The van der Waals surface area contributed by atoms with E-state index in [0.717, 1.165) is 12.8 Å². The van der Waals surface area contributed by atoms with E-state index < -0.39 is 10.0 Å². The lowest BCUT2D eigenvalue weighted by molar-refractivity contribution is 0.196. The molecule has 2 rings (SSSR count). The minimum Gasteiger partial charge on any atom is -0.497 e. The number of nitrogens with zero attached hydrogens (tertiary/aromatic N) is 2. The van der Waals surface area contributed by atoms with Gasteiger partial charge < -0.3 is 15.4 Å². The van der Waals surface area contributed by atoms with Crippen LogP contribution in [0.5, 0.6) is 5.75 Å². The Bertz CT molecular complexity index is 593. The van der Waals surface area contributed by atoms with E-state index in [4.69, 9.17) is 10.5 Å². The number of hydrogen-bond donors (Lipinski definition) is 1. The molecule has 0 atom stereocenters. The Morgan fingerprint density at radius 3 is 2.38 bits per heavy atom. The summed E-state index contributed by atoms with van der Waals surface area (Å²) in [5.74, 6) is 0.553. The summed E-state index contributed by atoms with van der Waals surface area (Å²) in [6.07, 6.45) is 1.67. The molecule has 1 heterocycles. The lowest BCUT2D eigenvalue weighted by Gasteiger charge is -2.34. The summed E-state index contributed by atoms with van der Waals surface area (Å²) in [6, 6.07) is 5.11. The first-order valence-corrected chi connectivity index (χ1v) is 8.40. The van der Waals surface area contributed by atoms with E-state index in [2.05, 4.69) is 4.90 Å². The number of anilines is 1. The first-order valence-electron chi connectivity index (χ1n) is 6.96. The average Bonchev–Trinajstić information content (AvgIpc) is 2.46. The summed E-state index contributed by atoms with van der Waals surface area (Å²) in [7, 11) is 2.04. The van der Waals surface area contributed by atoms with Gasteiger partial charge in [0.2, 0.25) is 10.0 Å². The number of nitrogen functional groups attached to an aromatic ring is 1. The predicted molar refractivity (Wildman–Crippen MR) is 82.9 cm³/mol. The van der Waals surface area contributed by atoms with Gasteiger partial charge in [0.25, 0.3) is 0 Å². The molecule has 1 saturated heterocycles. The van der Waals surface area contributed by atoms with Gasteiger partial charge in [-0.3, -0.25) is 0 Å². The van der Waals surface area contributed by atoms with Crippen LogP contribution in [0.4, 0.5) is 5.69 Å². The van der Waals surface area contributed by atoms with Crippen molar-refractivity contribution in [3.8, 4) is 5.75 Å². The van der Waals surface area contributed by atoms with Crippen molar-refractivity contribution < 1.29 is 13.2 Å². The summed E-state index contributed by atoms with van der Waals surface area (Å²) in [5, 5.41) is 0. The number of piperidine rings is 1. The number of ether oxygens (including phenoxy) is 1. The Morgan fingerprint density at radius 1 is 1.29 bits per heavy atom. The van der Waals surface area contributed by atoms with E-state index >= 15 is 0 Å². The zero-order valence-corrected chi connectivity index (χ0v) is 13.6. The molecule has 0 unspecified atom stereocenters. The van der Waals surface area contributed by atoms with Crippen molar-refractivity contribution in [2.75, 3.05) is 40.0 Å². The van der Waals surface area contributed by atoms with Crippen molar-refractivity contribution in [2.45, 2.75) is 23.8 Å².